The zero-order valence-electron chi connectivity index (χ0n) is 7.98. The zero-order valence-corrected chi connectivity index (χ0v) is 7.98. The van der Waals surface area contributed by atoms with Crippen molar-refractivity contribution in [3.8, 4) is 0 Å². The first-order chi connectivity index (χ1) is 6.84. The summed E-state index contributed by atoms with van der Waals surface area (Å²) in [5.74, 6) is 0.500. The Labute approximate surface area is 83.3 Å². The number of aliphatic hydroxyl groups excluding tert-OH is 1. The van der Waals surface area contributed by atoms with Crippen LogP contribution >= 0.6 is 0 Å². The summed E-state index contributed by atoms with van der Waals surface area (Å²) in [7, 11) is 0. The molecule has 14 heavy (non-hydrogen) atoms. The number of hydrogen-bond acceptors (Lipinski definition) is 2. The van der Waals surface area contributed by atoms with Crippen molar-refractivity contribution in [2.75, 3.05) is 0 Å². The van der Waals surface area contributed by atoms with Gasteiger partial charge in [0.1, 0.15) is 0 Å². The SMILES string of the molecule is O[C@H]1CC[C@H]2Cc3ccccc3N=C21. The normalized spacial score (nSPS) is 29.4. The second-order valence-corrected chi connectivity index (χ2v) is 4.16. The summed E-state index contributed by atoms with van der Waals surface area (Å²) in [6.07, 6.45) is 2.76. The molecule has 0 spiro atoms. The smallest absolute Gasteiger partial charge is 0.0924 e. The lowest BCUT2D eigenvalue weighted by atomic mass is 9.92. The third-order valence-electron chi connectivity index (χ3n) is 3.26. The molecule has 1 heterocycles. The van der Waals surface area contributed by atoms with Gasteiger partial charge in [0.15, 0.2) is 0 Å². The Morgan fingerprint density at radius 3 is 3.00 bits per heavy atom. The maximum absolute atomic E-state index is 9.72. The minimum Gasteiger partial charge on any atom is -0.387 e. The van der Waals surface area contributed by atoms with Crippen LogP contribution < -0.4 is 0 Å². The number of aliphatic imine (C=N–C) groups is 1. The van der Waals surface area contributed by atoms with Crippen LogP contribution in [0.25, 0.3) is 0 Å². The summed E-state index contributed by atoms with van der Waals surface area (Å²) in [5.41, 5.74) is 3.40. The summed E-state index contributed by atoms with van der Waals surface area (Å²) in [5, 5.41) is 9.72. The van der Waals surface area contributed by atoms with E-state index in [4.69, 9.17) is 0 Å². The molecule has 2 heteroatoms. The van der Waals surface area contributed by atoms with Crippen molar-refractivity contribution in [3.05, 3.63) is 29.8 Å². The van der Waals surface area contributed by atoms with Crippen molar-refractivity contribution in [2.45, 2.75) is 25.4 Å². The van der Waals surface area contributed by atoms with E-state index in [1.165, 1.54) is 5.56 Å². The molecule has 0 saturated heterocycles. The molecule has 1 fully saturated rings. The molecular weight excluding hydrogens is 174 g/mol. The fourth-order valence-electron chi connectivity index (χ4n) is 2.50. The predicted molar refractivity (Wildman–Crippen MR) is 56.0 cm³/mol. The first-order valence-corrected chi connectivity index (χ1v) is 5.19. The fourth-order valence-corrected chi connectivity index (χ4v) is 2.50. The van der Waals surface area contributed by atoms with Gasteiger partial charge in [-0.25, -0.2) is 0 Å². The van der Waals surface area contributed by atoms with Gasteiger partial charge in [0.2, 0.25) is 0 Å². The molecular formula is C12H13NO. The number of benzene rings is 1. The summed E-state index contributed by atoms with van der Waals surface area (Å²) in [4.78, 5) is 4.56. The average Bonchev–Trinajstić information content (AvgIpc) is 2.57. The highest BCUT2D eigenvalue weighted by Crippen LogP contribution is 2.35. The Morgan fingerprint density at radius 1 is 1.21 bits per heavy atom. The lowest BCUT2D eigenvalue weighted by Crippen LogP contribution is -2.22. The predicted octanol–water partition coefficient (Wildman–Crippen LogP) is 2.09. The minimum absolute atomic E-state index is 0.284. The molecule has 1 aliphatic heterocycles. The van der Waals surface area contributed by atoms with Crippen molar-refractivity contribution in [3.63, 3.8) is 0 Å². The molecule has 1 saturated carbocycles. The van der Waals surface area contributed by atoms with E-state index in [-0.39, 0.29) is 6.10 Å². The van der Waals surface area contributed by atoms with Gasteiger partial charge >= 0.3 is 0 Å². The summed E-state index contributed by atoms with van der Waals surface area (Å²) >= 11 is 0. The molecule has 2 atom stereocenters. The molecule has 2 nitrogen and oxygen atoms in total. The van der Waals surface area contributed by atoms with Crippen molar-refractivity contribution in [1.29, 1.82) is 0 Å². The highest BCUT2D eigenvalue weighted by molar-refractivity contribution is 5.96. The van der Waals surface area contributed by atoms with E-state index in [9.17, 15) is 5.11 Å². The molecule has 0 aromatic heterocycles. The van der Waals surface area contributed by atoms with E-state index < -0.39 is 0 Å². The molecule has 1 aromatic carbocycles. The van der Waals surface area contributed by atoms with Crippen LogP contribution in [0.2, 0.25) is 0 Å². The maximum atomic E-state index is 9.72. The van der Waals surface area contributed by atoms with Gasteiger partial charge in [-0.05, 0) is 30.9 Å². The number of rotatable bonds is 0. The molecule has 0 bridgehead atoms. The van der Waals surface area contributed by atoms with Crippen LogP contribution in [0.4, 0.5) is 5.69 Å². The van der Waals surface area contributed by atoms with Crippen LogP contribution in [0.3, 0.4) is 0 Å². The van der Waals surface area contributed by atoms with E-state index in [1.54, 1.807) is 0 Å². The summed E-state index contributed by atoms with van der Waals surface area (Å²) < 4.78 is 0. The largest absolute Gasteiger partial charge is 0.387 e. The monoisotopic (exact) mass is 187 g/mol. The summed E-state index contributed by atoms with van der Waals surface area (Å²) in [6, 6.07) is 8.24. The number of aliphatic hydroxyl groups is 1. The standard InChI is InChI=1S/C12H13NO/c14-11-6-5-9-7-8-3-1-2-4-10(8)13-12(9)11/h1-4,9,11,14H,5-7H2/t9-,11-/m0/s1. The third kappa shape index (κ3) is 1.11. The highest BCUT2D eigenvalue weighted by Gasteiger charge is 2.33. The van der Waals surface area contributed by atoms with E-state index >= 15 is 0 Å². The van der Waals surface area contributed by atoms with Gasteiger partial charge in [-0.1, -0.05) is 18.2 Å². The Balaban J connectivity index is 2.09. The van der Waals surface area contributed by atoms with Crippen LogP contribution in [0.5, 0.6) is 0 Å². The molecule has 2 aliphatic rings. The van der Waals surface area contributed by atoms with E-state index in [0.717, 1.165) is 30.7 Å². The highest BCUT2D eigenvalue weighted by atomic mass is 16.3. The van der Waals surface area contributed by atoms with Crippen LogP contribution in [0.1, 0.15) is 18.4 Å². The van der Waals surface area contributed by atoms with E-state index in [2.05, 4.69) is 17.1 Å². The number of nitrogens with zero attached hydrogens (tertiary/aromatic N) is 1. The van der Waals surface area contributed by atoms with Crippen molar-refractivity contribution < 1.29 is 5.11 Å². The van der Waals surface area contributed by atoms with Crippen molar-refractivity contribution in [1.82, 2.24) is 0 Å². The van der Waals surface area contributed by atoms with Gasteiger partial charge in [0.05, 0.1) is 17.5 Å². The van der Waals surface area contributed by atoms with Gasteiger partial charge < -0.3 is 5.11 Å². The zero-order chi connectivity index (χ0) is 9.54. The Hall–Kier alpha value is -1.15. The summed E-state index contributed by atoms with van der Waals surface area (Å²) in [6.45, 7) is 0. The van der Waals surface area contributed by atoms with E-state index in [0.29, 0.717) is 5.92 Å². The second-order valence-electron chi connectivity index (χ2n) is 4.16. The quantitative estimate of drug-likeness (QED) is 0.662. The Kier molecular flexibility index (Phi) is 1.71. The fraction of sp³-hybridized carbons (Fsp3) is 0.417. The van der Waals surface area contributed by atoms with Gasteiger partial charge in [-0.15, -0.1) is 0 Å². The van der Waals surface area contributed by atoms with Crippen LogP contribution in [-0.2, 0) is 6.42 Å². The molecule has 0 amide bonds. The lowest BCUT2D eigenvalue weighted by Gasteiger charge is -2.19. The van der Waals surface area contributed by atoms with Crippen LogP contribution in [0, 0.1) is 5.92 Å². The molecule has 0 radical (unpaired) electrons. The lowest BCUT2D eigenvalue weighted by molar-refractivity contribution is 0.242. The molecule has 72 valence electrons. The van der Waals surface area contributed by atoms with Crippen molar-refractivity contribution in [2.24, 2.45) is 10.9 Å². The second kappa shape index (κ2) is 2.92. The first kappa shape index (κ1) is 8.18. The molecule has 1 aromatic rings. The molecule has 0 unspecified atom stereocenters. The third-order valence-corrected chi connectivity index (χ3v) is 3.26. The topological polar surface area (TPSA) is 32.6 Å². The molecule has 1 N–H and O–H groups in total. The molecule has 3 rings (SSSR count). The Morgan fingerprint density at radius 2 is 2.07 bits per heavy atom. The van der Waals surface area contributed by atoms with Gasteiger partial charge in [-0.3, -0.25) is 4.99 Å². The first-order valence-electron chi connectivity index (χ1n) is 5.19. The minimum atomic E-state index is -0.284. The maximum Gasteiger partial charge on any atom is 0.0924 e. The average molecular weight is 187 g/mol. The van der Waals surface area contributed by atoms with E-state index in [1.807, 2.05) is 12.1 Å². The number of para-hydroxylation sites is 1. The van der Waals surface area contributed by atoms with Crippen LogP contribution in [-0.4, -0.2) is 16.9 Å². The number of fused-ring (bicyclic) bond motifs is 2. The van der Waals surface area contributed by atoms with Gasteiger partial charge in [0, 0.05) is 5.92 Å². The van der Waals surface area contributed by atoms with Gasteiger partial charge in [-0.2, -0.15) is 0 Å². The molecule has 1 aliphatic carbocycles. The van der Waals surface area contributed by atoms with Gasteiger partial charge in [0.25, 0.3) is 0 Å². The Bertz CT molecular complexity index is 397. The van der Waals surface area contributed by atoms with Crippen LogP contribution in [0.15, 0.2) is 29.3 Å². The number of hydrogen-bond donors (Lipinski definition) is 1. The van der Waals surface area contributed by atoms with Crippen molar-refractivity contribution >= 4 is 11.4 Å².